The highest BCUT2D eigenvalue weighted by Crippen LogP contribution is 2.41. The Morgan fingerprint density at radius 2 is 1.60 bits per heavy atom. The molecule has 6 heteroatoms. The molecule has 55 heavy (non-hydrogen) atoms. The molecule has 5 nitrogen and oxygen atoms in total. The van der Waals surface area contributed by atoms with Crippen molar-refractivity contribution in [1.82, 2.24) is 4.98 Å². The SMILES string of the molecule is C=CC(=O)OC1CCC(c2ccc3cc(C4CCC(CCc5ccc(C)c(C)c5)CC4)cc(/C=N/N(c4nc5ccccc5s4)C4CCCCC4)c3c2)CC1. The van der Waals surface area contributed by atoms with Gasteiger partial charge in [-0.05, 0) is 165 Å². The number of aromatic nitrogens is 1. The average Bonchev–Trinajstić information content (AvgIpc) is 3.66. The molecule has 0 radical (unpaired) electrons. The number of nitrogens with zero attached hydrogens (tertiary/aromatic N) is 3. The quantitative estimate of drug-likeness (QED) is 0.0584. The van der Waals surface area contributed by atoms with Crippen molar-refractivity contribution in [3.63, 3.8) is 0 Å². The molecule has 286 valence electrons. The first kappa shape index (κ1) is 37.6. The van der Waals surface area contributed by atoms with Crippen LogP contribution in [0.4, 0.5) is 5.13 Å². The minimum Gasteiger partial charge on any atom is -0.459 e. The molecule has 3 aliphatic carbocycles. The number of fused-ring (bicyclic) bond motifs is 2. The van der Waals surface area contributed by atoms with Gasteiger partial charge in [0.05, 0.1) is 22.5 Å². The smallest absolute Gasteiger partial charge is 0.330 e. The van der Waals surface area contributed by atoms with Gasteiger partial charge in [0.2, 0.25) is 5.13 Å². The lowest BCUT2D eigenvalue weighted by Gasteiger charge is -2.30. The number of hydrogen-bond donors (Lipinski definition) is 0. The van der Waals surface area contributed by atoms with Gasteiger partial charge in [0.1, 0.15) is 6.10 Å². The number of carbonyl (C=O) groups excluding carboxylic acids is 1. The third-order valence-electron chi connectivity index (χ3n) is 13.1. The summed E-state index contributed by atoms with van der Waals surface area (Å²) in [6.07, 6.45) is 20.9. The lowest BCUT2D eigenvalue weighted by Crippen LogP contribution is -2.32. The summed E-state index contributed by atoms with van der Waals surface area (Å²) in [5, 5.41) is 11.2. The zero-order chi connectivity index (χ0) is 37.7. The van der Waals surface area contributed by atoms with E-state index in [4.69, 9.17) is 14.8 Å². The second-order valence-electron chi connectivity index (χ2n) is 16.7. The molecule has 1 aromatic heterocycles. The van der Waals surface area contributed by atoms with E-state index in [0.29, 0.717) is 17.9 Å². The summed E-state index contributed by atoms with van der Waals surface area (Å²) >= 11 is 1.76. The lowest BCUT2D eigenvalue weighted by atomic mass is 9.76. The van der Waals surface area contributed by atoms with Crippen LogP contribution in [-0.4, -0.2) is 29.3 Å². The first-order valence-electron chi connectivity index (χ1n) is 21.1. The number of aryl methyl sites for hydroxylation is 3. The maximum absolute atomic E-state index is 11.9. The van der Waals surface area contributed by atoms with Gasteiger partial charge in [-0.3, -0.25) is 0 Å². The Kier molecular flexibility index (Phi) is 11.8. The van der Waals surface area contributed by atoms with Crippen LogP contribution in [0.15, 0.2) is 90.6 Å². The first-order valence-corrected chi connectivity index (χ1v) is 21.9. The summed E-state index contributed by atoms with van der Waals surface area (Å²) in [4.78, 5) is 17.0. The van der Waals surface area contributed by atoms with Gasteiger partial charge >= 0.3 is 5.97 Å². The Morgan fingerprint density at radius 3 is 2.36 bits per heavy atom. The molecule has 0 bridgehead atoms. The van der Waals surface area contributed by atoms with E-state index < -0.39 is 0 Å². The molecule has 1 heterocycles. The van der Waals surface area contributed by atoms with Crippen molar-refractivity contribution < 1.29 is 9.53 Å². The maximum atomic E-state index is 11.9. The van der Waals surface area contributed by atoms with Crippen LogP contribution in [0.5, 0.6) is 0 Å². The van der Waals surface area contributed by atoms with E-state index in [-0.39, 0.29) is 12.1 Å². The molecule has 0 spiro atoms. The molecular weight excluding hydrogens is 695 g/mol. The second-order valence-corrected chi connectivity index (χ2v) is 17.7. The standard InChI is InChI=1S/C49H57N3O2S/c1-4-48(53)54-44-26-24-37(25-27-44)39-22-23-40-29-41(38-20-18-35(19-21-38)16-17-36-15-14-33(2)34(3)28-36)30-42(45(40)31-39)32-50-52(43-10-6-5-7-11-43)49-51-46-12-8-9-13-47(46)55-49/h4,8-9,12-15,22-23,28-32,35,37-38,43-44H,1,5-7,10-11,16-21,24-27H2,2-3H3/b50-32+. The fourth-order valence-electron chi connectivity index (χ4n) is 9.57. The van der Waals surface area contributed by atoms with Crippen LogP contribution in [0.2, 0.25) is 0 Å². The summed E-state index contributed by atoms with van der Waals surface area (Å²) in [7, 11) is 0. The Balaban J connectivity index is 1.07. The number of benzene rings is 4. The Hall–Kier alpha value is -4.29. The monoisotopic (exact) mass is 751 g/mol. The van der Waals surface area contributed by atoms with E-state index in [1.807, 2.05) is 0 Å². The fraction of sp³-hybridized carbons (Fsp3) is 0.449. The number of thiazole rings is 1. The molecule has 8 rings (SSSR count). The first-order chi connectivity index (χ1) is 26.9. The minimum absolute atomic E-state index is 0.0115. The van der Waals surface area contributed by atoms with Gasteiger partial charge in [0, 0.05) is 11.6 Å². The van der Waals surface area contributed by atoms with E-state index >= 15 is 0 Å². The highest BCUT2D eigenvalue weighted by molar-refractivity contribution is 7.22. The highest BCUT2D eigenvalue weighted by atomic mass is 32.1. The largest absolute Gasteiger partial charge is 0.459 e. The van der Waals surface area contributed by atoms with Gasteiger partial charge in [-0.15, -0.1) is 0 Å². The van der Waals surface area contributed by atoms with Crippen LogP contribution >= 0.6 is 11.3 Å². The number of carbonyl (C=O) groups is 1. The fourth-order valence-corrected chi connectivity index (χ4v) is 10.6. The van der Waals surface area contributed by atoms with E-state index in [0.717, 1.165) is 55.1 Å². The predicted octanol–water partition coefficient (Wildman–Crippen LogP) is 12.9. The van der Waals surface area contributed by atoms with E-state index in [9.17, 15) is 4.79 Å². The van der Waals surface area contributed by atoms with Gasteiger partial charge in [0.15, 0.2) is 0 Å². The topological polar surface area (TPSA) is 54.8 Å². The number of esters is 1. The number of rotatable bonds is 11. The summed E-state index contributed by atoms with van der Waals surface area (Å²) < 4.78 is 6.82. The molecule has 3 fully saturated rings. The van der Waals surface area contributed by atoms with Gasteiger partial charge in [-0.25, -0.2) is 14.8 Å². The summed E-state index contributed by atoms with van der Waals surface area (Å²) in [5.74, 6) is 1.51. The summed E-state index contributed by atoms with van der Waals surface area (Å²) in [6, 6.07) is 27.9. The molecule has 0 N–H and O–H groups in total. The Bertz CT molecular complexity index is 2110. The van der Waals surface area contributed by atoms with Crippen LogP contribution in [0.1, 0.15) is 135 Å². The highest BCUT2D eigenvalue weighted by Gasteiger charge is 2.27. The average molecular weight is 752 g/mol. The van der Waals surface area contributed by atoms with Crippen molar-refractivity contribution in [1.29, 1.82) is 0 Å². The molecule has 4 aromatic carbocycles. The van der Waals surface area contributed by atoms with Crippen molar-refractivity contribution in [2.45, 2.75) is 134 Å². The van der Waals surface area contributed by atoms with Crippen LogP contribution in [0.25, 0.3) is 21.0 Å². The maximum Gasteiger partial charge on any atom is 0.330 e. The van der Waals surface area contributed by atoms with Crippen molar-refractivity contribution in [3.8, 4) is 0 Å². The van der Waals surface area contributed by atoms with E-state index in [1.165, 1.54) is 113 Å². The number of ether oxygens (including phenoxy) is 1. The Labute approximate surface area is 331 Å². The van der Waals surface area contributed by atoms with Gasteiger partial charge in [0.25, 0.3) is 0 Å². The molecule has 5 aromatic rings. The summed E-state index contributed by atoms with van der Waals surface area (Å²) in [6.45, 7) is 8.02. The molecule has 0 atom stereocenters. The zero-order valence-electron chi connectivity index (χ0n) is 32.8. The van der Waals surface area contributed by atoms with E-state index in [2.05, 4.69) is 104 Å². The van der Waals surface area contributed by atoms with Crippen LogP contribution < -0.4 is 5.01 Å². The number of hydrogen-bond acceptors (Lipinski definition) is 6. The molecule has 0 aliphatic heterocycles. The van der Waals surface area contributed by atoms with Crippen molar-refractivity contribution in [2.24, 2.45) is 11.0 Å². The van der Waals surface area contributed by atoms with Crippen LogP contribution in [0, 0.1) is 19.8 Å². The van der Waals surface area contributed by atoms with Crippen molar-refractivity contribution >= 4 is 49.6 Å². The minimum atomic E-state index is -0.312. The number of anilines is 1. The molecular formula is C49H57N3O2S. The van der Waals surface area contributed by atoms with Crippen LogP contribution in [-0.2, 0) is 16.0 Å². The predicted molar refractivity (Wildman–Crippen MR) is 231 cm³/mol. The number of para-hydroxylation sites is 1. The molecule has 0 saturated heterocycles. The van der Waals surface area contributed by atoms with Crippen LogP contribution in [0.3, 0.4) is 0 Å². The van der Waals surface area contributed by atoms with Crippen molar-refractivity contribution in [3.05, 3.63) is 119 Å². The third kappa shape index (κ3) is 8.91. The van der Waals surface area contributed by atoms with Gasteiger partial charge in [-0.2, -0.15) is 5.10 Å². The lowest BCUT2D eigenvalue weighted by molar-refractivity contribution is -0.144. The summed E-state index contributed by atoms with van der Waals surface area (Å²) in [5.41, 5.74) is 9.38. The van der Waals surface area contributed by atoms with E-state index in [1.54, 1.807) is 11.3 Å². The normalized spacial score (nSPS) is 22.3. The molecule has 0 amide bonds. The zero-order valence-corrected chi connectivity index (χ0v) is 33.7. The molecule has 0 unspecified atom stereocenters. The second kappa shape index (κ2) is 17.2. The number of hydrazone groups is 1. The Morgan fingerprint density at radius 1 is 0.836 bits per heavy atom. The van der Waals surface area contributed by atoms with Gasteiger partial charge in [-0.1, -0.05) is 91.8 Å². The van der Waals surface area contributed by atoms with Gasteiger partial charge < -0.3 is 4.74 Å². The molecule has 3 aliphatic rings. The van der Waals surface area contributed by atoms with Crippen molar-refractivity contribution in [2.75, 3.05) is 5.01 Å². The molecule has 3 saturated carbocycles. The third-order valence-corrected chi connectivity index (χ3v) is 14.1.